The van der Waals surface area contributed by atoms with Crippen LogP contribution in [0.1, 0.15) is 16.7 Å². The van der Waals surface area contributed by atoms with Crippen LogP contribution in [0.15, 0.2) is 42.5 Å². The zero-order valence-electron chi connectivity index (χ0n) is 13.2. The first-order chi connectivity index (χ1) is 10.4. The van der Waals surface area contributed by atoms with E-state index in [9.17, 15) is 9.18 Å². The van der Waals surface area contributed by atoms with Crippen LogP contribution < -0.4 is 10.2 Å². The van der Waals surface area contributed by atoms with Gasteiger partial charge in [0.2, 0.25) is 0 Å². The van der Waals surface area contributed by atoms with Crippen molar-refractivity contribution in [3.05, 3.63) is 65.0 Å². The lowest BCUT2D eigenvalue weighted by Crippen LogP contribution is -3.08. The Kier molecular flexibility index (Phi) is 5.28. The molecule has 0 radical (unpaired) electrons. The number of benzene rings is 2. The van der Waals surface area contributed by atoms with Gasteiger partial charge in [-0.05, 0) is 43.2 Å². The second-order valence-electron chi connectivity index (χ2n) is 5.81. The smallest absolute Gasteiger partial charge is 0.279 e. The third-order valence-corrected chi connectivity index (χ3v) is 3.52. The van der Waals surface area contributed by atoms with Crippen LogP contribution in [0.25, 0.3) is 0 Å². The lowest BCUT2D eigenvalue weighted by atomic mass is 10.1. The fourth-order valence-corrected chi connectivity index (χ4v) is 2.40. The highest BCUT2D eigenvalue weighted by Crippen LogP contribution is 2.15. The molecule has 2 rings (SSSR count). The van der Waals surface area contributed by atoms with Gasteiger partial charge in [0.05, 0.1) is 7.05 Å². The van der Waals surface area contributed by atoms with Crippen molar-refractivity contribution >= 4 is 11.6 Å². The average Bonchev–Trinajstić information content (AvgIpc) is 2.42. The van der Waals surface area contributed by atoms with Crippen LogP contribution in [-0.4, -0.2) is 19.5 Å². The lowest BCUT2D eigenvalue weighted by molar-refractivity contribution is -0.885. The summed E-state index contributed by atoms with van der Waals surface area (Å²) >= 11 is 0. The summed E-state index contributed by atoms with van der Waals surface area (Å²) in [7, 11) is 1.92. The van der Waals surface area contributed by atoms with Crippen LogP contribution in [-0.2, 0) is 11.3 Å². The maximum atomic E-state index is 13.2. The van der Waals surface area contributed by atoms with E-state index in [1.54, 1.807) is 6.07 Å². The molecule has 0 saturated heterocycles. The minimum absolute atomic E-state index is 0.0393. The van der Waals surface area contributed by atoms with E-state index in [-0.39, 0.29) is 11.7 Å². The van der Waals surface area contributed by atoms with Crippen LogP contribution >= 0.6 is 0 Å². The maximum absolute atomic E-state index is 13.2. The van der Waals surface area contributed by atoms with Crippen molar-refractivity contribution in [1.29, 1.82) is 0 Å². The number of nitrogens with one attached hydrogen (secondary N) is 2. The van der Waals surface area contributed by atoms with Gasteiger partial charge in [0.25, 0.3) is 5.91 Å². The minimum atomic E-state index is -0.245. The molecule has 2 aromatic rings. The summed E-state index contributed by atoms with van der Waals surface area (Å²) in [5.41, 5.74) is 3.89. The summed E-state index contributed by atoms with van der Waals surface area (Å²) < 4.78 is 13.2. The molecule has 0 aliphatic rings. The molecule has 22 heavy (non-hydrogen) atoms. The summed E-state index contributed by atoms with van der Waals surface area (Å²) in [6.07, 6.45) is 0. The Hall–Kier alpha value is -2.20. The molecule has 0 aliphatic carbocycles. The van der Waals surface area contributed by atoms with Crippen LogP contribution in [0.5, 0.6) is 0 Å². The topological polar surface area (TPSA) is 33.5 Å². The van der Waals surface area contributed by atoms with Crippen molar-refractivity contribution in [2.45, 2.75) is 20.4 Å². The molecule has 0 fully saturated rings. The first kappa shape index (κ1) is 16.2. The number of halogens is 1. The number of aryl methyl sites for hydroxylation is 2. The van der Waals surface area contributed by atoms with E-state index < -0.39 is 0 Å². The Balaban J connectivity index is 1.92. The van der Waals surface area contributed by atoms with Crippen LogP contribution in [0.4, 0.5) is 10.1 Å². The molecule has 1 unspecified atom stereocenters. The Morgan fingerprint density at radius 3 is 2.68 bits per heavy atom. The predicted molar refractivity (Wildman–Crippen MR) is 86.4 cm³/mol. The number of quaternary nitrogens is 1. The third-order valence-electron chi connectivity index (χ3n) is 3.52. The minimum Gasteiger partial charge on any atom is -0.326 e. The first-order valence-electron chi connectivity index (χ1n) is 7.37. The highest BCUT2D eigenvalue weighted by molar-refractivity contribution is 5.92. The largest absolute Gasteiger partial charge is 0.326 e. The molecular weight excluding hydrogens is 279 g/mol. The first-order valence-corrected chi connectivity index (χ1v) is 7.37. The molecular formula is C18H22FN2O+. The van der Waals surface area contributed by atoms with Crippen LogP contribution in [0.3, 0.4) is 0 Å². The number of anilines is 1. The molecule has 3 nitrogen and oxygen atoms in total. The van der Waals surface area contributed by atoms with Gasteiger partial charge in [0.1, 0.15) is 12.4 Å². The Labute approximate surface area is 130 Å². The van der Waals surface area contributed by atoms with Gasteiger partial charge in [-0.2, -0.15) is 0 Å². The van der Waals surface area contributed by atoms with Crippen LogP contribution in [0, 0.1) is 19.7 Å². The van der Waals surface area contributed by atoms with E-state index in [0.717, 1.165) is 27.3 Å². The summed E-state index contributed by atoms with van der Waals surface area (Å²) in [5.74, 6) is -0.284. The number of likely N-dealkylation sites (N-methyl/N-ethyl adjacent to an activating group) is 1. The molecule has 2 aromatic carbocycles. The number of hydrogen-bond donors (Lipinski definition) is 2. The molecule has 1 atom stereocenters. The molecule has 0 aliphatic heterocycles. The molecule has 116 valence electrons. The fraction of sp³-hybridized carbons (Fsp3) is 0.278. The second-order valence-corrected chi connectivity index (χ2v) is 5.81. The Morgan fingerprint density at radius 2 is 1.95 bits per heavy atom. The monoisotopic (exact) mass is 301 g/mol. The van der Waals surface area contributed by atoms with E-state index in [0.29, 0.717) is 13.1 Å². The van der Waals surface area contributed by atoms with E-state index in [4.69, 9.17) is 0 Å². The van der Waals surface area contributed by atoms with Gasteiger partial charge >= 0.3 is 0 Å². The number of hydrogen-bond acceptors (Lipinski definition) is 1. The van der Waals surface area contributed by atoms with Crippen molar-refractivity contribution in [2.75, 3.05) is 18.9 Å². The average molecular weight is 301 g/mol. The van der Waals surface area contributed by atoms with Gasteiger partial charge in [-0.25, -0.2) is 4.39 Å². The SMILES string of the molecule is Cc1ccc(C)c(NC(=O)C[NH+](C)Cc2cccc(F)c2)c1. The van der Waals surface area contributed by atoms with E-state index >= 15 is 0 Å². The third kappa shape index (κ3) is 4.67. The molecule has 4 heteroatoms. The summed E-state index contributed by atoms with van der Waals surface area (Å²) in [4.78, 5) is 13.1. The highest BCUT2D eigenvalue weighted by atomic mass is 19.1. The van der Waals surface area contributed by atoms with E-state index in [1.165, 1.54) is 12.1 Å². The Bertz CT molecular complexity index is 670. The number of rotatable bonds is 5. The molecule has 0 bridgehead atoms. The Morgan fingerprint density at radius 1 is 1.18 bits per heavy atom. The normalized spacial score (nSPS) is 12.0. The van der Waals surface area contributed by atoms with Crippen molar-refractivity contribution in [2.24, 2.45) is 0 Å². The fourth-order valence-electron chi connectivity index (χ4n) is 2.40. The maximum Gasteiger partial charge on any atom is 0.279 e. The van der Waals surface area contributed by atoms with Gasteiger partial charge in [0, 0.05) is 11.3 Å². The zero-order valence-corrected chi connectivity index (χ0v) is 13.2. The molecule has 0 aromatic heterocycles. The van der Waals surface area contributed by atoms with E-state index in [2.05, 4.69) is 5.32 Å². The number of carbonyl (C=O) groups is 1. The van der Waals surface area contributed by atoms with Crippen molar-refractivity contribution < 1.29 is 14.1 Å². The van der Waals surface area contributed by atoms with Crippen LogP contribution in [0.2, 0.25) is 0 Å². The van der Waals surface area contributed by atoms with E-state index in [1.807, 2.05) is 45.2 Å². The standard InChI is InChI=1S/C18H21FN2O/c1-13-7-8-14(2)17(9-13)20-18(22)12-21(3)11-15-5-4-6-16(19)10-15/h4-10H,11-12H2,1-3H3,(H,20,22)/p+1. The number of amides is 1. The summed E-state index contributed by atoms with van der Waals surface area (Å²) in [6.45, 7) is 4.91. The quantitative estimate of drug-likeness (QED) is 0.871. The number of carbonyl (C=O) groups excluding carboxylic acids is 1. The van der Waals surface area contributed by atoms with Gasteiger partial charge in [-0.3, -0.25) is 4.79 Å². The zero-order chi connectivity index (χ0) is 16.1. The molecule has 1 amide bonds. The summed E-state index contributed by atoms with van der Waals surface area (Å²) in [5, 5.41) is 2.95. The van der Waals surface area contributed by atoms with Crippen molar-refractivity contribution in [3.8, 4) is 0 Å². The predicted octanol–water partition coefficient (Wildman–Crippen LogP) is 2.10. The molecule has 0 heterocycles. The molecule has 0 spiro atoms. The van der Waals surface area contributed by atoms with Gasteiger partial charge in [-0.1, -0.05) is 24.3 Å². The second kappa shape index (κ2) is 7.18. The lowest BCUT2D eigenvalue weighted by Gasteiger charge is -2.15. The molecule has 0 saturated carbocycles. The molecule has 2 N–H and O–H groups in total. The highest BCUT2D eigenvalue weighted by Gasteiger charge is 2.12. The van der Waals surface area contributed by atoms with Crippen molar-refractivity contribution in [3.63, 3.8) is 0 Å². The van der Waals surface area contributed by atoms with Crippen molar-refractivity contribution in [1.82, 2.24) is 0 Å². The van der Waals surface area contributed by atoms with Gasteiger partial charge in [-0.15, -0.1) is 0 Å². The van der Waals surface area contributed by atoms with Gasteiger partial charge in [0.15, 0.2) is 6.54 Å². The van der Waals surface area contributed by atoms with Gasteiger partial charge < -0.3 is 10.2 Å². The summed E-state index contributed by atoms with van der Waals surface area (Å²) in [6, 6.07) is 12.5.